The number of hydrogen-bond donors (Lipinski definition) is 0. The molecule has 14 heavy (non-hydrogen) atoms. The summed E-state index contributed by atoms with van der Waals surface area (Å²) >= 11 is 0. The first-order valence-electron chi connectivity index (χ1n) is 4.06. The van der Waals surface area contributed by atoms with Crippen LogP contribution in [-0.4, -0.2) is 22.1 Å². The Morgan fingerprint density at radius 3 is 2.29 bits per heavy atom. The molecule has 3 nitrogen and oxygen atoms in total. The Balaban J connectivity index is 2.79. The van der Waals surface area contributed by atoms with Crippen LogP contribution in [0.4, 0.5) is 3.89 Å². The van der Waals surface area contributed by atoms with E-state index in [9.17, 15) is 12.3 Å². The van der Waals surface area contributed by atoms with Crippen LogP contribution in [0.3, 0.4) is 0 Å². The first-order valence-corrected chi connectivity index (χ1v) is 5.45. The van der Waals surface area contributed by atoms with Gasteiger partial charge in [0.1, 0.15) is 0 Å². The predicted molar refractivity (Wildman–Crippen MR) is 50.3 cm³/mol. The van der Waals surface area contributed by atoms with E-state index >= 15 is 0 Å². The Morgan fingerprint density at radius 2 is 1.86 bits per heavy atom. The maximum absolute atomic E-state index is 12.5. The van der Waals surface area contributed by atoms with Gasteiger partial charge in [0.05, 0.1) is 11.5 Å². The molecular weight excluding hydrogens is 207 g/mol. The molecule has 0 aliphatic heterocycles. The molecule has 5 heteroatoms. The van der Waals surface area contributed by atoms with Gasteiger partial charge in [-0.05, 0) is 24.1 Å². The van der Waals surface area contributed by atoms with Gasteiger partial charge in [-0.25, -0.2) is 0 Å². The molecule has 0 spiro atoms. The van der Waals surface area contributed by atoms with Gasteiger partial charge in [-0.3, -0.25) is 0 Å². The zero-order chi connectivity index (χ0) is 10.6. The number of benzene rings is 1. The molecule has 1 aromatic carbocycles. The van der Waals surface area contributed by atoms with E-state index < -0.39 is 10.2 Å². The molecule has 0 bridgehead atoms. The van der Waals surface area contributed by atoms with Gasteiger partial charge < -0.3 is 4.74 Å². The summed E-state index contributed by atoms with van der Waals surface area (Å²) < 4.78 is 38.2. The predicted octanol–water partition coefficient (Wildman–Crippen LogP) is 1.53. The second-order valence-electron chi connectivity index (χ2n) is 2.82. The lowest BCUT2D eigenvalue weighted by Gasteiger charge is -2.00. The molecule has 0 atom stereocenters. The van der Waals surface area contributed by atoms with Crippen LogP contribution in [0.15, 0.2) is 29.2 Å². The minimum atomic E-state index is -4.57. The van der Waals surface area contributed by atoms with E-state index in [1.807, 2.05) is 0 Å². The second-order valence-corrected chi connectivity index (χ2v) is 4.17. The molecule has 1 aromatic rings. The van der Waals surface area contributed by atoms with Crippen LogP contribution >= 0.6 is 0 Å². The summed E-state index contributed by atoms with van der Waals surface area (Å²) in [5.41, 5.74) is 0.916. The molecule has 0 unspecified atom stereocenters. The first-order chi connectivity index (χ1) is 6.54. The lowest BCUT2D eigenvalue weighted by Crippen LogP contribution is -1.96. The highest BCUT2D eigenvalue weighted by Gasteiger charge is 2.10. The van der Waals surface area contributed by atoms with Crippen LogP contribution in [0.1, 0.15) is 5.56 Å². The largest absolute Gasteiger partial charge is 0.384 e. The van der Waals surface area contributed by atoms with Crippen molar-refractivity contribution in [3.63, 3.8) is 0 Å². The number of rotatable bonds is 4. The SMILES string of the molecule is COCCc1ccc(S(=O)(=O)F)cc1. The summed E-state index contributed by atoms with van der Waals surface area (Å²) in [6, 6.07) is 5.65. The van der Waals surface area contributed by atoms with Crippen molar-refractivity contribution in [3.8, 4) is 0 Å². The Labute approximate surface area is 82.7 Å². The average molecular weight is 218 g/mol. The molecule has 0 aliphatic carbocycles. The van der Waals surface area contributed by atoms with Crippen molar-refractivity contribution in [1.29, 1.82) is 0 Å². The third-order valence-electron chi connectivity index (χ3n) is 1.80. The fourth-order valence-electron chi connectivity index (χ4n) is 1.04. The van der Waals surface area contributed by atoms with Crippen LogP contribution in [0.2, 0.25) is 0 Å². The summed E-state index contributed by atoms with van der Waals surface area (Å²) in [6.45, 7) is 0.557. The summed E-state index contributed by atoms with van der Waals surface area (Å²) in [4.78, 5) is -0.307. The average Bonchev–Trinajstić information content (AvgIpc) is 2.14. The van der Waals surface area contributed by atoms with Crippen molar-refractivity contribution in [2.75, 3.05) is 13.7 Å². The number of ether oxygens (including phenoxy) is 1. The van der Waals surface area contributed by atoms with Crippen LogP contribution in [-0.2, 0) is 21.4 Å². The molecule has 0 radical (unpaired) electrons. The molecule has 0 fully saturated rings. The Bertz CT molecular complexity index is 383. The highest BCUT2D eigenvalue weighted by molar-refractivity contribution is 7.86. The van der Waals surface area contributed by atoms with E-state index in [1.165, 1.54) is 12.1 Å². The van der Waals surface area contributed by atoms with Crippen molar-refractivity contribution < 1.29 is 17.0 Å². The fraction of sp³-hybridized carbons (Fsp3) is 0.333. The van der Waals surface area contributed by atoms with Crippen molar-refractivity contribution >= 4 is 10.2 Å². The van der Waals surface area contributed by atoms with E-state index in [1.54, 1.807) is 19.2 Å². The summed E-state index contributed by atoms with van der Waals surface area (Å²) in [7, 11) is -2.99. The molecule has 0 N–H and O–H groups in total. The van der Waals surface area contributed by atoms with Gasteiger partial charge in [-0.1, -0.05) is 12.1 Å². The van der Waals surface area contributed by atoms with Crippen molar-refractivity contribution in [2.24, 2.45) is 0 Å². The van der Waals surface area contributed by atoms with Gasteiger partial charge >= 0.3 is 10.2 Å². The summed E-state index contributed by atoms with van der Waals surface area (Å²) in [5.74, 6) is 0. The van der Waals surface area contributed by atoms with Crippen LogP contribution in [0.5, 0.6) is 0 Å². The minimum Gasteiger partial charge on any atom is -0.384 e. The maximum atomic E-state index is 12.5. The van der Waals surface area contributed by atoms with Crippen LogP contribution in [0, 0.1) is 0 Å². The van der Waals surface area contributed by atoms with Gasteiger partial charge in [0, 0.05) is 7.11 Å². The van der Waals surface area contributed by atoms with Crippen molar-refractivity contribution in [2.45, 2.75) is 11.3 Å². The zero-order valence-corrected chi connectivity index (χ0v) is 8.55. The fourth-order valence-corrected chi connectivity index (χ4v) is 1.50. The van der Waals surface area contributed by atoms with E-state index in [0.717, 1.165) is 5.56 Å². The van der Waals surface area contributed by atoms with E-state index in [0.29, 0.717) is 13.0 Å². The van der Waals surface area contributed by atoms with Crippen LogP contribution in [0.25, 0.3) is 0 Å². The minimum absolute atomic E-state index is 0.307. The lowest BCUT2D eigenvalue weighted by atomic mass is 10.2. The van der Waals surface area contributed by atoms with Gasteiger partial charge in [0.2, 0.25) is 0 Å². The number of hydrogen-bond acceptors (Lipinski definition) is 3. The standard InChI is InChI=1S/C9H11FO3S/c1-13-7-6-8-2-4-9(5-3-8)14(10,11)12/h2-5H,6-7H2,1H3. The van der Waals surface area contributed by atoms with E-state index in [2.05, 4.69) is 0 Å². The number of methoxy groups -OCH3 is 1. The van der Waals surface area contributed by atoms with Crippen molar-refractivity contribution in [3.05, 3.63) is 29.8 Å². The Morgan fingerprint density at radius 1 is 1.29 bits per heavy atom. The van der Waals surface area contributed by atoms with Gasteiger partial charge in [-0.2, -0.15) is 8.42 Å². The second kappa shape index (κ2) is 4.52. The molecule has 0 amide bonds. The lowest BCUT2D eigenvalue weighted by molar-refractivity contribution is 0.202. The smallest absolute Gasteiger partial charge is 0.332 e. The van der Waals surface area contributed by atoms with Gasteiger partial charge in [0.25, 0.3) is 0 Å². The zero-order valence-electron chi connectivity index (χ0n) is 7.73. The Hall–Kier alpha value is -0.940. The molecule has 0 aliphatic rings. The summed E-state index contributed by atoms with van der Waals surface area (Å²) in [6.07, 6.45) is 0.684. The quantitative estimate of drug-likeness (QED) is 0.720. The van der Waals surface area contributed by atoms with Gasteiger partial charge in [-0.15, -0.1) is 3.89 Å². The van der Waals surface area contributed by atoms with Crippen LogP contribution < -0.4 is 0 Å². The van der Waals surface area contributed by atoms with E-state index in [4.69, 9.17) is 4.74 Å². The highest BCUT2D eigenvalue weighted by atomic mass is 32.3. The molecule has 78 valence electrons. The molecule has 0 saturated carbocycles. The molecule has 0 saturated heterocycles. The van der Waals surface area contributed by atoms with Gasteiger partial charge in [0.15, 0.2) is 0 Å². The van der Waals surface area contributed by atoms with E-state index in [-0.39, 0.29) is 4.90 Å². The maximum Gasteiger partial charge on any atom is 0.332 e. The van der Waals surface area contributed by atoms with Crippen molar-refractivity contribution in [1.82, 2.24) is 0 Å². The monoisotopic (exact) mass is 218 g/mol. The normalized spacial score (nSPS) is 11.6. The highest BCUT2D eigenvalue weighted by Crippen LogP contribution is 2.13. The number of halogens is 1. The summed E-state index contributed by atoms with van der Waals surface area (Å²) in [5, 5.41) is 0. The molecule has 1 rings (SSSR count). The molecular formula is C9H11FO3S. The first kappa shape index (κ1) is 11.1. The molecule has 0 heterocycles. The topological polar surface area (TPSA) is 43.4 Å². The third-order valence-corrected chi connectivity index (χ3v) is 2.63. The molecule has 0 aromatic heterocycles. The third kappa shape index (κ3) is 3.08. The Kier molecular flexibility index (Phi) is 3.60.